The van der Waals surface area contributed by atoms with Crippen LogP contribution in [0.2, 0.25) is 0 Å². The number of likely N-dealkylation sites (tertiary alicyclic amines) is 1. The number of fused-ring (bicyclic) bond motifs is 5. The van der Waals surface area contributed by atoms with Crippen molar-refractivity contribution in [2.24, 2.45) is 0 Å². The maximum atomic E-state index is 13.0. The molecule has 1 aliphatic carbocycles. The number of anilines is 1. The summed E-state index contributed by atoms with van der Waals surface area (Å²) in [7, 11) is 0. The van der Waals surface area contributed by atoms with Crippen LogP contribution in [0.3, 0.4) is 0 Å². The van der Waals surface area contributed by atoms with Crippen LogP contribution in [0.5, 0.6) is 0 Å². The van der Waals surface area contributed by atoms with E-state index in [2.05, 4.69) is 47.1 Å². The molecule has 5 nitrogen and oxygen atoms in total. The second-order valence-corrected chi connectivity index (χ2v) is 9.14. The number of nitrogens with zero attached hydrogens (tertiary/aromatic N) is 3. The highest BCUT2D eigenvalue weighted by Gasteiger charge is 2.41. The molecule has 0 spiro atoms. The highest BCUT2D eigenvalue weighted by Crippen LogP contribution is 2.50. The van der Waals surface area contributed by atoms with E-state index in [-0.39, 0.29) is 12.1 Å². The lowest BCUT2D eigenvalue weighted by molar-refractivity contribution is 0.0694. The maximum absolute atomic E-state index is 13.0. The summed E-state index contributed by atoms with van der Waals surface area (Å²) in [6.45, 7) is 8.50. The fraction of sp³-hybridized carbons (Fsp3) is 0.444. The zero-order valence-electron chi connectivity index (χ0n) is 19.0. The Hall–Kier alpha value is -2.79. The molecule has 2 aliphatic heterocycles. The average Bonchev–Trinajstić information content (AvgIpc) is 3.13. The number of hydrogen-bond acceptors (Lipinski definition) is 4. The summed E-state index contributed by atoms with van der Waals surface area (Å²) in [6, 6.07) is 17.0. The van der Waals surface area contributed by atoms with Crippen LogP contribution >= 0.6 is 0 Å². The minimum absolute atomic E-state index is 0.142. The van der Waals surface area contributed by atoms with Gasteiger partial charge in [-0.05, 0) is 54.5 Å². The van der Waals surface area contributed by atoms with Gasteiger partial charge in [-0.15, -0.1) is 0 Å². The molecule has 168 valence electrons. The zero-order chi connectivity index (χ0) is 21.9. The van der Waals surface area contributed by atoms with Crippen LogP contribution in [0, 0.1) is 0 Å². The maximum Gasteiger partial charge on any atom is 0.410 e. The van der Waals surface area contributed by atoms with Gasteiger partial charge in [-0.3, -0.25) is 4.90 Å². The molecule has 2 fully saturated rings. The molecule has 0 N–H and O–H groups in total. The molecule has 0 radical (unpaired) electrons. The molecule has 1 amide bonds. The van der Waals surface area contributed by atoms with Crippen molar-refractivity contribution in [1.29, 1.82) is 0 Å². The first-order valence-corrected chi connectivity index (χ1v) is 11.9. The third-order valence-corrected chi connectivity index (χ3v) is 7.25. The first-order chi connectivity index (χ1) is 15.7. The minimum Gasteiger partial charge on any atom is -0.445 e. The third-order valence-electron chi connectivity index (χ3n) is 7.25. The number of carbonyl (C=O) groups excluding carboxylic acids is 1. The summed E-state index contributed by atoms with van der Waals surface area (Å²) in [5, 5.41) is 0. The first-order valence-electron chi connectivity index (χ1n) is 11.9. The molecule has 32 heavy (non-hydrogen) atoms. The van der Waals surface area contributed by atoms with Gasteiger partial charge in [0.05, 0.1) is 6.04 Å². The van der Waals surface area contributed by atoms with E-state index in [0.29, 0.717) is 12.5 Å². The van der Waals surface area contributed by atoms with Crippen LogP contribution in [0.25, 0.3) is 0 Å². The van der Waals surface area contributed by atoms with Crippen LogP contribution in [-0.2, 0) is 11.3 Å². The number of hydrogen-bond donors (Lipinski definition) is 0. The summed E-state index contributed by atoms with van der Waals surface area (Å²) in [4.78, 5) is 19.9. The fourth-order valence-corrected chi connectivity index (χ4v) is 5.43. The molecule has 2 bridgehead atoms. The Morgan fingerprint density at radius 2 is 1.84 bits per heavy atom. The van der Waals surface area contributed by atoms with Crippen LogP contribution in [0.15, 0.2) is 60.7 Å². The van der Waals surface area contributed by atoms with Crippen LogP contribution in [0.4, 0.5) is 10.5 Å². The molecule has 0 aromatic heterocycles. The van der Waals surface area contributed by atoms with Gasteiger partial charge >= 0.3 is 6.09 Å². The molecular formula is C27H33N3O2. The van der Waals surface area contributed by atoms with E-state index in [1.54, 1.807) is 0 Å². The lowest BCUT2D eigenvalue weighted by Gasteiger charge is -2.36. The van der Waals surface area contributed by atoms with Crippen molar-refractivity contribution in [3.05, 3.63) is 77.4 Å². The van der Waals surface area contributed by atoms with Crippen LogP contribution in [0.1, 0.15) is 48.4 Å². The molecule has 2 heterocycles. The fourth-order valence-electron chi connectivity index (χ4n) is 5.43. The second kappa shape index (κ2) is 9.37. The van der Waals surface area contributed by atoms with Gasteiger partial charge in [0.15, 0.2) is 0 Å². The van der Waals surface area contributed by atoms with E-state index in [9.17, 15) is 4.79 Å². The van der Waals surface area contributed by atoms with Gasteiger partial charge in [-0.2, -0.15) is 0 Å². The summed E-state index contributed by atoms with van der Waals surface area (Å²) in [5.74, 6) is 0.569. The van der Waals surface area contributed by atoms with E-state index in [0.717, 1.165) is 57.7 Å². The molecule has 2 aromatic rings. The number of benzene rings is 2. The summed E-state index contributed by atoms with van der Waals surface area (Å²) in [6.07, 6.45) is 6.22. The van der Waals surface area contributed by atoms with Crippen molar-refractivity contribution in [1.82, 2.24) is 9.80 Å². The van der Waals surface area contributed by atoms with E-state index in [4.69, 9.17) is 4.74 Å². The Morgan fingerprint density at radius 3 is 2.62 bits per heavy atom. The first kappa shape index (κ1) is 21.1. The van der Waals surface area contributed by atoms with Crippen LogP contribution < -0.4 is 4.90 Å². The van der Waals surface area contributed by atoms with Gasteiger partial charge in [-0.1, -0.05) is 48.6 Å². The lowest BCUT2D eigenvalue weighted by atomic mass is 9.96. The van der Waals surface area contributed by atoms with Crippen LogP contribution in [-0.4, -0.2) is 55.2 Å². The Balaban J connectivity index is 1.27. The number of piperidine rings is 1. The molecule has 2 saturated heterocycles. The number of amides is 1. The van der Waals surface area contributed by atoms with Crippen molar-refractivity contribution < 1.29 is 9.53 Å². The van der Waals surface area contributed by atoms with Gasteiger partial charge in [0, 0.05) is 45.0 Å². The molecule has 0 unspecified atom stereocenters. The monoisotopic (exact) mass is 431 g/mol. The highest BCUT2D eigenvalue weighted by atomic mass is 16.6. The summed E-state index contributed by atoms with van der Waals surface area (Å²) >= 11 is 0. The number of ether oxygens (including phenoxy) is 1. The summed E-state index contributed by atoms with van der Waals surface area (Å²) in [5.41, 5.74) is 5.08. The van der Waals surface area contributed by atoms with Gasteiger partial charge in [0.25, 0.3) is 0 Å². The minimum atomic E-state index is -0.187. The lowest BCUT2D eigenvalue weighted by Crippen LogP contribution is -2.46. The largest absolute Gasteiger partial charge is 0.445 e. The quantitative estimate of drug-likeness (QED) is 0.627. The van der Waals surface area contributed by atoms with Gasteiger partial charge in [-0.25, -0.2) is 4.79 Å². The Kier molecular flexibility index (Phi) is 6.17. The van der Waals surface area contributed by atoms with E-state index in [1.165, 1.54) is 16.8 Å². The smallest absolute Gasteiger partial charge is 0.410 e. The molecule has 5 heteroatoms. The number of carbonyl (C=O) groups is 1. The van der Waals surface area contributed by atoms with E-state index >= 15 is 0 Å². The topological polar surface area (TPSA) is 36.0 Å². The normalized spacial score (nSPS) is 22.9. The SMILES string of the molecule is C/C=C/CN1CCN(c2ccc3c(c2)[C@H]2C[C@@H]3CCN2C(=O)OCc2ccccc2)CC1. The zero-order valence-corrected chi connectivity index (χ0v) is 19.0. The number of rotatable bonds is 5. The average molecular weight is 432 g/mol. The molecule has 0 saturated carbocycles. The molecular weight excluding hydrogens is 398 g/mol. The standard InChI is InChI=1S/C27H33N3O2/c1-2-3-12-28-14-16-29(17-15-28)23-9-10-24-22-11-13-30(26(18-22)25(24)19-23)27(31)32-20-21-7-5-4-6-8-21/h2-10,19,22,26H,11-18,20H2,1H3/b3-2+/t22-,26+/m0/s1. The Bertz CT molecular complexity index is 966. The van der Waals surface area contributed by atoms with Gasteiger partial charge in [0.2, 0.25) is 0 Å². The van der Waals surface area contributed by atoms with E-state index in [1.807, 2.05) is 35.2 Å². The highest BCUT2D eigenvalue weighted by molar-refractivity contribution is 5.70. The molecule has 2 aromatic carbocycles. The Morgan fingerprint density at radius 1 is 1.03 bits per heavy atom. The molecule has 2 atom stereocenters. The van der Waals surface area contributed by atoms with Gasteiger partial charge < -0.3 is 14.5 Å². The Labute approximate surface area is 191 Å². The summed E-state index contributed by atoms with van der Waals surface area (Å²) < 4.78 is 5.69. The molecule has 5 rings (SSSR count). The molecule has 3 aliphatic rings. The third kappa shape index (κ3) is 4.26. The second-order valence-electron chi connectivity index (χ2n) is 9.14. The van der Waals surface area contributed by atoms with Gasteiger partial charge in [0.1, 0.15) is 6.61 Å². The van der Waals surface area contributed by atoms with Crippen molar-refractivity contribution in [3.63, 3.8) is 0 Å². The number of allylic oxidation sites excluding steroid dienone is 1. The van der Waals surface area contributed by atoms with Crippen molar-refractivity contribution in [2.75, 3.05) is 44.2 Å². The van der Waals surface area contributed by atoms with E-state index < -0.39 is 0 Å². The number of piperazine rings is 1. The van der Waals surface area contributed by atoms with Crippen molar-refractivity contribution >= 4 is 11.8 Å². The predicted octanol–water partition coefficient (Wildman–Crippen LogP) is 4.96. The van der Waals surface area contributed by atoms with Crippen molar-refractivity contribution in [3.8, 4) is 0 Å². The predicted molar refractivity (Wildman–Crippen MR) is 128 cm³/mol. The van der Waals surface area contributed by atoms with Crippen molar-refractivity contribution in [2.45, 2.75) is 38.3 Å².